The zero-order valence-corrected chi connectivity index (χ0v) is 13.1. The Balaban J connectivity index is 2.33. The second kappa shape index (κ2) is 5.95. The third-order valence-corrected chi connectivity index (χ3v) is 5.69. The monoisotopic (exact) mass is 310 g/mol. The van der Waals surface area contributed by atoms with Gasteiger partial charge in [0, 0.05) is 10.6 Å². The highest BCUT2D eigenvalue weighted by molar-refractivity contribution is 7.89. The molecule has 3 N–H and O–H groups in total. The molecule has 1 unspecified atom stereocenters. The van der Waals surface area contributed by atoms with Crippen LogP contribution in [-0.4, -0.2) is 8.42 Å². The first-order chi connectivity index (χ1) is 9.44. The zero-order chi connectivity index (χ0) is 14.8. The molecule has 4 nitrogen and oxygen atoms in total. The van der Waals surface area contributed by atoms with E-state index in [0.717, 1.165) is 4.88 Å². The molecule has 0 radical (unpaired) electrons. The SMILES string of the molecule is CCC(NS(=O)(=O)c1cc(N)ccc1C)c1cccs1. The van der Waals surface area contributed by atoms with E-state index in [-0.39, 0.29) is 10.9 Å². The van der Waals surface area contributed by atoms with Crippen LogP contribution < -0.4 is 10.5 Å². The maximum absolute atomic E-state index is 12.5. The molecule has 1 atom stereocenters. The maximum Gasteiger partial charge on any atom is 0.241 e. The number of nitrogen functional groups attached to an aromatic ring is 1. The van der Waals surface area contributed by atoms with Crippen LogP contribution in [0.15, 0.2) is 40.6 Å². The lowest BCUT2D eigenvalue weighted by Gasteiger charge is -2.17. The number of nitrogens with two attached hydrogens (primary N) is 1. The lowest BCUT2D eigenvalue weighted by molar-refractivity contribution is 0.552. The summed E-state index contributed by atoms with van der Waals surface area (Å²) in [6.07, 6.45) is 0.696. The van der Waals surface area contributed by atoms with E-state index in [1.807, 2.05) is 24.4 Å². The predicted octanol–water partition coefficient (Wildman–Crippen LogP) is 3.07. The second-order valence-electron chi connectivity index (χ2n) is 4.62. The summed E-state index contributed by atoms with van der Waals surface area (Å²) in [6, 6.07) is 8.57. The van der Waals surface area contributed by atoms with E-state index in [9.17, 15) is 8.42 Å². The highest BCUT2D eigenvalue weighted by atomic mass is 32.2. The van der Waals surface area contributed by atoms with Crippen LogP contribution in [0.3, 0.4) is 0 Å². The summed E-state index contributed by atoms with van der Waals surface area (Å²) in [5.41, 5.74) is 6.82. The van der Waals surface area contributed by atoms with E-state index in [2.05, 4.69) is 4.72 Å². The number of thiophene rings is 1. The Labute approximate surface area is 123 Å². The van der Waals surface area contributed by atoms with E-state index in [1.165, 1.54) is 6.07 Å². The third kappa shape index (κ3) is 3.20. The second-order valence-corrected chi connectivity index (χ2v) is 7.28. The molecule has 1 aromatic heterocycles. The molecule has 0 aliphatic carbocycles. The van der Waals surface area contributed by atoms with Crippen LogP contribution in [0, 0.1) is 6.92 Å². The van der Waals surface area contributed by atoms with Gasteiger partial charge in [-0.25, -0.2) is 13.1 Å². The van der Waals surface area contributed by atoms with Crippen LogP contribution in [0.2, 0.25) is 0 Å². The number of anilines is 1. The molecule has 1 aromatic carbocycles. The van der Waals surface area contributed by atoms with Crippen molar-refractivity contribution in [1.29, 1.82) is 0 Å². The molecule has 1 heterocycles. The summed E-state index contributed by atoms with van der Waals surface area (Å²) in [5, 5.41) is 1.94. The van der Waals surface area contributed by atoms with Crippen LogP contribution in [0.5, 0.6) is 0 Å². The van der Waals surface area contributed by atoms with Crippen molar-refractivity contribution in [2.75, 3.05) is 5.73 Å². The number of aryl methyl sites for hydroxylation is 1. The van der Waals surface area contributed by atoms with Crippen LogP contribution in [0.25, 0.3) is 0 Å². The van der Waals surface area contributed by atoms with Crippen molar-refractivity contribution in [2.45, 2.75) is 31.2 Å². The Hall–Kier alpha value is -1.37. The van der Waals surface area contributed by atoms with Crippen molar-refractivity contribution in [3.63, 3.8) is 0 Å². The maximum atomic E-state index is 12.5. The molecule has 0 bridgehead atoms. The Morgan fingerprint density at radius 1 is 1.35 bits per heavy atom. The summed E-state index contributed by atoms with van der Waals surface area (Å²) in [5.74, 6) is 0. The molecule has 2 aromatic rings. The van der Waals surface area contributed by atoms with E-state index in [0.29, 0.717) is 17.7 Å². The van der Waals surface area contributed by atoms with Gasteiger partial charge in [-0.1, -0.05) is 19.1 Å². The molecule has 2 rings (SSSR count). The minimum absolute atomic E-state index is 0.208. The van der Waals surface area contributed by atoms with Crippen molar-refractivity contribution in [2.24, 2.45) is 0 Å². The average Bonchev–Trinajstić information content (AvgIpc) is 2.92. The van der Waals surface area contributed by atoms with Crippen LogP contribution in [0.4, 0.5) is 5.69 Å². The van der Waals surface area contributed by atoms with Crippen molar-refractivity contribution in [3.05, 3.63) is 46.2 Å². The van der Waals surface area contributed by atoms with E-state index in [1.54, 1.807) is 30.4 Å². The minimum atomic E-state index is -3.57. The first-order valence-electron chi connectivity index (χ1n) is 6.36. The zero-order valence-electron chi connectivity index (χ0n) is 11.5. The highest BCUT2D eigenvalue weighted by Crippen LogP contribution is 2.25. The van der Waals surface area contributed by atoms with Gasteiger partial charge in [0.15, 0.2) is 0 Å². The summed E-state index contributed by atoms with van der Waals surface area (Å²) in [6.45, 7) is 3.72. The van der Waals surface area contributed by atoms with Gasteiger partial charge in [0.1, 0.15) is 0 Å². The van der Waals surface area contributed by atoms with Gasteiger partial charge >= 0.3 is 0 Å². The first-order valence-corrected chi connectivity index (χ1v) is 8.72. The van der Waals surface area contributed by atoms with Gasteiger partial charge in [-0.3, -0.25) is 0 Å². The molecular weight excluding hydrogens is 292 g/mol. The van der Waals surface area contributed by atoms with Crippen molar-refractivity contribution in [3.8, 4) is 0 Å². The normalized spacial score (nSPS) is 13.3. The molecule has 0 aliphatic rings. The molecule has 0 saturated carbocycles. The van der Waals surface area contributed by atoms with Gasteiger partial charge in [-0.15, -0.1) is 11.3 Å². The number of hydrogen-bond acceptors (Lipinski definition) is 4. The van der Waals surface area contributed by atoms with E-state index in [4.69, 9.17) is 5.73 Å². The quantitative estimate of drug-likeness (QED) is 0.834. The molecule has 6 heteroatoms. The van der Waals surface area contributed by atoms with Gasteiger partial charge in [-0.05, 0) is 42.5 Å². The molecule has 0 amide bonds. The smallest absolute Gasteiger partial charge is 0.241 e. The number of nitrogens with one attached hydrogen (secondary N) is 1. The van der Waals surface area contributed by atoms with Gasteiger partial charge in [0.25, 0.3) is 0 Å². The summed E-state index contributed by atoms with van der Waals surface area (Å²) in [7, 11) is -3.57. The molecule has 0 saturated heterocycles. The largest absolute Gasteiger partial charge is 0.399 e. The molecule has 20 heavy (non-hydrogen) atoms. The van der Waals surface area contributed by atoms with Crippen molar-refractivity contribution in [1.82, 2.24) is 4.72 Å². The molecule has 0 aliphatic heterocycles. The number of benzene rings is 1. The Morgan fingerprint density at radius 2 is 2.10 bits per heavy atom. The minimum Gasteiger partial charge on any atom is -0.399 e. The summed E-state index contributed by atoms with van der Waals surface area (Å²) < 4.78 is 27.8. The highest BCUT2D eigenvalue weighted by Gasteiger charge is 2.22. The van der Waals surface area contributed by atoms with Crippen molar-refractivity contribution >= 4 is 27.0 Å². The van der Waals surface area contributed by atoms with E-state index < -0.39 is 10.0 Å². The number of hydrogen-bond donors (Lipinski definition) is 2. The van der Waals surface area contributed by atoms with Gasteiger partial charge in [0.2, 0.25) is 10.0 Å². The average molecular weight is 310 g/mol. The molecule has 0 spiro atoms. The Morgan fingerprint density at radius 3 is 2.70 bits per heavy atom. The number of rotatable bonds is 5. The lowest BCUT2D eigenvalue weighted by atomic mass is 10.2. The van der Waals surface area contributed by atoms with Crippen LogP contribution in [-0.2, 0) is 10.0 Å². The summed E-state index contributed by atoms with van der Waals surface area (Å²) >= 11 is 1.55. The molecule has 0 fully saturated rings. The molecule has 108 valence electrons. The van der Waals surface area contributed by atoms with Crippen LogP contribution >= 0.6 is 11.3 Å². The topological polar surface area (TPSA) is 72.2 Å². The van der Waals surface area contributed by atoms with Crippen LogP contribution in [0.1, 0.15) is 29.8 Å². The predicted molar refractivity (Wildman–Crippen MR) is 83.3 cm³/mol. The van der Waals surface area contributed by atoms with Gasteiger partial charge in [-0.2, -0.15) is 0 Å². The lowest BCUT2D eigenvalue weighted by Crippen LogP contribution is -2.28. The van der Waals surface area contributed by atoms with Gasteiger partial charge < -0.3 is 5.73 Å². The van der Waals surface area contributed by atoms with Gasteiger partial charge in [0.05, 0.1) is 10.9 Å². The fraction of sp³-hybridized carbons (Fsp3) is 0.286. The Kier molecular flexibility index (Phi) is 4.47. The van der Waals surface area contributed by atoms with Crippen molar-refractivity contribution < 1.29 is 8.42 Å². The summed E-state index contributed by atoms with van der Waals surface area (Å²) in [4.78, 5) is 1.25. The first kappa shape index (κ1) is 15.0. The standard InChI is InChI=1S/C14H18N2O2S2/c1-3-12(13-5-4-8-19-13)16-20(17,18)14-9-11(15)7-6-10(14)2/h4-9,12,16H,3,15H2,1-2H3. The van der Waals surface area contributed by atoms with E-state index >= 15 is 0 Å². The fourth-order valence-electron chi connectivity index (χ4n) is 1.99. The number of sulfonamides is 1. The molecular formula is C14H18N2O2S2. The fourth-order valence-corrected chi connectivity index (χ4v) is 4.50. The Bertz CT molecular complexity index is 679. The third-order valence-electron chi connectivity index (χ3n) is 3.09.